The van der Waals surface area contributed by atoms with E-state index < -0.39 is 28.0 Å². The Bertz CT molecular complexity index is 2210. The quantitative estimate of drug-likeness (QED) is 0.226. The molecule has 0 aliphatic carbocycles. The number of hydroxylamine groups is 2. The predicted octanol–water partition coefficient (Wildman–Crippen LogP) is -0.573. The summed E-state index contributed by atoms with van der Waals surface area (Å²) < 4.78 is 40.7. The zero-order chi connectivity index (χ0) is 40.9. The van der Waals surface area contributed by atoms with E-state index in [1.165, 1.54) is 11.1 Å². The van der Waals surface area contributed by atoms with E-state index >= 15 is 0 Å². The molecule has 4 aliphatic rings. The van der Waals surface area contributed by atoms with Gasteiger partial charge < -0.3 is 19.8 Å². The van der Waals surface area contributed by atoms with E-state index in [4.69, 9.17) is 28.2 Å². The van der Waals surface area contributed by atoms with E-state index in [0.717, 1.165) is 57.3 Å². The Hall–Kier alpha value is -4.86. The molecule has 4 heterocycles. The van der Waals surface area contributed by atoms with Crippen LogP contribution in [0.1, 0.15) is 125 Å². The van der Waals surface area contributed by atoms with E-state index in [2.05, 4.69) is 76.1 Å². The Morgan fingerprint density at radius 1 is 0.929 bits per heavy atom. The molecule has 3 aromatic carbocycles. The van der Waals surface area contributed by atoms with Crippen LogP contribution in [-0.4, -0.2) is 58.3 Å². The van der Waals surface area contributed by atoms with Crippen LogP contribution >= 0.6 is 0 Å². The fourth-order valence-corrected chi connectivity index (χ4v) is 8.38. The van der Waals surface area contributed by atoms with Crippen molar-refractivity contribution in [3.05, 3.63) is 86.9 Å². The molecular weight excluding hydrogens is 744 g/mol. The van der Waals surface area contributed by atoms with E-state index in [9.17, 15) is 19.2 Å². The van der Waals surface area contributed by atoms with Gasteiger partial charge in [0.15, 0.2) is 5.54 Å². The molecular formula is C41H47ClN4O10. The molecule has 0 bridgehead atoms. The van der Waals surface area contributed by atoms with Gasteiger partial charge in [0.05, 0.1) is 6.07 Å². The molecule has 4 aliphatic heterocycles. The molecule has 2 unspecified atom stereocenters. The van der Waals surface area contributed by atoms with Crippen LogP contribution in [0.2, 0.25) is 0 Å². The molecule has 0 aromatic heterocycles. The fraction of sp³-hybridized carbons (Fsp3) is 0.439. The smallest absolute Gasteiger partial charge is 0.333 e. The molecule has 15 heteroatoms. The van der Waals surface area contributed by atoms with Crippen molar-refractivity contribution >= 4 is 35.0 Å². The van der Waals surface area contributed by atoms with Crippen LogP contribution in [0.3, 0.4) is 0 Å². The van der Waals surface area contributed by atoms with E-state index in [-0.39, 0.29) is 42.8 Å². The number of rotatable bonds is 7. The van der Waals surface area contributed by atoms with Crippen LogP contribution in [0.15, 0.2) is 48.5 Å². The highest BCUT2D eigenvalue weighted by Gasteiger charge is 2.36. The molecule has 3 aromatic rings. The Morgan fingerprint density at radius 2 is 1.57 bits per heavy atom. The highest BCUT2D eigenvalue weighted by Crippen LogP contribution is 2.46. The monoisotopic (exact) mass is 790 g/mol. The summed E-state index contributed by atoms with van der Waals surface area (Å²) in [4.78, 5) is 60.7. The van der Waals surface area contributed by atoms with E-state index in [1.54, 1.807) is 11.9 Å². The van der Waals surface area contributed by atoms with Gasteiger partial charge in [-0.3, -0.25) is 14.4 Å². The normalized spacial score (nSPS) is 20.1. The van der Waals surface area contributed by atoms with E-state index in [1.807, 2.05) is 24.3 Å². The number of hydrogen-bond acceptors (Lipinski definition) is 11. The summed E-state index contributed by atoms with van der Waals surface area (Å²) >= 11 is 0. The SMILES string of the molecule is CC1CC(C)(C)Nc2cc3c(cc21)C(c1ccccc1C(=O)N(C)CCCC(=O)ON1C(=O)CCC1=O)=c1cc2c(cc1O3)=[NH+]C(C)(C)CC2C.[O-][Cl+3]([O-])([O-])[O-]. The number of nitrogens with one attached hydrogen (secondary N) is 2. The maximum Gasteiger partial charge on any atom is 0.333 e. The summed E-state index contributed by atoms with van der Waals surface area (Å²) in [5, 5.41) is 6.29. The number of nitrogens with zero attached hydrogens (tertiary/aromatic N) is 2. The number of halogens is 1. The number of ether oxygens (including phenoxy) is 1. The molecule has 298 valence electrons. The maximum atomic E-state index is 14.2. The summed E-state index contributed by atoms with van der Waals surface area (Å²) in [5.74, 6) is 0.201. The second-order valence-corrected chi connectivity index (χ2v) is 17.1. The number of carbonyl (C=O) groups excluding carboxylic acids is 4. The molecule has 0 radical (unpaired) electrons. The summed E-state index contributed by atoms with van der Waals surface area (Å²) in [6, 6.07) is 16.4. The third-order valence-corrected chi connectivity index (χ3v) is 10.5. The predicted molar refractivity (Wildman–Crippen MR) is 192 cm³/mol. The first-order valence-electron chi connectivity index (χ1n) is 18.6. The number of amides is 3. The number of carbonyl (C=O) groups is 4. The number of fused-ring (bicyclic) bond motifs is 4. The number of imide groups is 1. The first kappa shape index (κ1) is 40.8. The van der Waals surface area contributed by atoms with Gasteiger partial charge >= 0.3 is 5.97 Å². The minimum atomic E-state index is -4.94. The molecule has 14 nitrogen and oxygen atoms in total. The minimum Gasteiger partial charge on any atom is -0.456 e. The van der Waals surface area contributed by atoms with Crippen molar-refractivity contribution in [2.45, 2.75) is 103 Å². The third-order valence-electron chi connectivity index (χ3n) is 10.5. The molecule has 1 fully saturated rings. The Labute approximate surface area is 327 Å². The second kappa shape index (κ2) is 15.2. The number of hydrogen-bond donors (Lipinski definition) is 2. The third kappa shape index (κ3) is 8.90. The molecule has 7 rings (SSSR count). The fourth-order valence-electron chi connectivity index (χ4n) is 8.38. The van der Waals surface area contributed by atoms with Gasteiger partial charge in [-0.15, -0.1) is 15.3 Å². The minimum absolute atomic E-state index is 0.0377. The topological polar surface area (TPSA) is 211 Å². The molecule has 1 saturated heterocycles. The highest BCUT2D eigenvalue weighted by atomic mass is 35.7. The largest absolute Gasteiger partial charge is 0.456 e. The number of anilines is 1. The van der Waals surface area contributed by atoms with Crippen LogP contribution in [0.4, 0.5) is 5.69 Å². The first-order chi connectivity index (χ1) is 26.1. The molecule has 56 heavy (non-hydrogen) atoms. The Morgan fingerprint density at radius 3 is 2.25 bits per heavy atom. The van der Waals surface area contributed by atoms with E-state index in [0.29, 0.717) is 28.9 Å². The van der Waals surface area contributed by atoms with Crippen molar-refractivity contribution in [1.29, 1.82) is 0 Å². The lowest BCUT2D eigenvalue weighted by atomic mass is 9.79. The van der Waals surface area contributed by atoms with Crippen LogP contribution in [0, 0.1) is 10.2 Å². The average molecular weight is 791 g/mol. The lowest BCUT2D eigenvalue weighted by Crippen LogP contribution is -2.90. The van der Waals surface area contributed by atoms with Gasteiger partial charge in [-0.05, 0) is 81.7 Å². The van der Waals surface area contributed by atoms with Gasteiger partial charge in [-0.2, -0.15) is 0 Å². The summed E-state index contributed by atoms with van der Waals surface area (Å²) in [7, 11) is -3.23. The zero-order valence-electron chi connectivity index (χ0n) is 32.6. The van der Waals surface area contributed by atoms with Gasteiger partial charge in [0, 0.05) is 84.1 Å². The zero-order valence-corrected chi connectivity index (χ0v) is 33.3. The Kier molecular flexibility index (Phi) is 11.1. The van der Waals surface area contributed by atoms with Gasteiger partial charge in [-0.1, -0.05) is 32.0 Å². The van der Waals surface area contributed by atoms with Gasteiger partial charge in [0.2, 0.25) is 5.36 Å². The summed E-state index contributed by atoms with van der Waals surface area (Å²) in [5.41, 5.74) is 6.62. The molecule has 3 amide bonds. The standard InChI is InChI=1S/C41H46N4O6.ClHO4/c1-23-21-40(3,4)42-31-19-33-29(17-27(23)31)38(30-18-28-24(2)22-41(5,6)43-32(28)20-34(30)50-33)25-11-8-9-12-26(25)39(49)44(7)16-10-13-37(48)51-45-35(46)14-15-36(45)47;2-1(3,4)5/h8-9,11-12,17-20,23-24,42H,10,13-16,21-22H2,1-7H3;(H,2,3,4,5). The second-order valence-electron chi connectivity index (χ2n) is 16.4. The summed E-state index contributed by atoms with van der Waals surface area (Å²) in [6.45, 7) is 13.7. The summed E-state index contributed by atoms with van der Waals surface area (Å²) in [6.07, 6.45) is 2.29. The molecule has 0 spiro atoms. The van der Waals surface area contributed by atoms with Crippen molar-refractivity contribution in [1.82, 2.24) is 9.96 Å². The van der Waals surface area contributed by atoms with Crippen LogP contribution in [-0.2, 0) is 19.2 Å². The van der Waals surface area contributed by atoms with Crippen LogP contribution in [0.25, 0.3) is 5.57 Å². The van der Waals surface area contributed by atoms with Gasteiger partial charge in [-0.25, -0.2) is 28.4 Å². The lowest BCUT2D eigenvalue weighted by molar-refractivity contribution is -2.00. The highest BCUT2D eigenvalue weighted by molar-refractivity contribution is 6.02. The van der Waals surface area contributed by atoms with Crippen molar-refractivity contribution in [3.8, 4) is 11.5 Å². The van der Waals surface area contributed by atoms with Crippen molar-refractivity contribution in [2.24, 2.45) is 0 Å². The lowest BCUT2D eigenvalue weighted by Gasteiger charge is -2.38. The van der Waals surface area contributed by atoms with Gasteiger partial charge in [0.25, 0.3) is 17.7 Å². The molecule has 2 N–H and O–H groups in total. The van der Waals surface area contributed by atoms with Crippen LogP contribution in [0.5, 0.6) is 11.5 Å². The molecule has 0 saturated carbocycles. The maximum absolute atomic E-state index is 14.2. The van der Waals surface area contributed by atoms with Crippen molar-refractivity contribution in [2.75, 3.05) is 18.9 Å². The molecule has 2 atom stereocenters. The van der Waals surface area contributed by atoms with Crippen LogP contribution < -0.4 is 44.3 Å². The average Bonchev–Trinajstić information content (AvgIpc) is 3.39. The van der Waals surface area contributed by atoms with Crippen molar-refractivity contribution < 1.29 is 62.6 Å². The first-order valence-corrected chi connectivity index (χ1v) is 19.9. The number of benzene rings is 3. The van der Waals surface area contributed by atoms with Crippen molar-refractivity contribution in [3.63, 3.8) is 0 Å². The van der Waals surface area contributed by atoms with Gasteiger partial charge in [0.1, 0.15) is 11.5 Å². The Balaban J connectivity index is 0.00000100.